The predicted molar refractivity (Wildman–Crippen MR) is 120 cm³/mol. The van der Waals surface area contributed by atoms with Crippen molar-refractivity contribution in [2.75, 3.05) is 26.2 Å². The van der Waals surface area contributed by atoms with Gasteiger partial charge in [0, 0.05) is 55.6 Å². The molecule has 4 heterocycles. The van der Waals surface area contributed by atoms with Gasteiger partial charge in [0.15, 0.2) is 0 Å². The van der Waals surface area contributed by atoms with E-state index in [9.17, 15) is 4.79 Å². The third-order valence-corrected chi connectivity index (χ3v) is 8.62. The van der Waals surface area contributed by atoms with Gasteiger partial charge in [-0.05, 0) is 43.4 Å². The van der Waals surface area contributed by atoms with Crippen LogP contribution in [0, 0.1) is 0 Å². The molecule has 3 fully saturated rings. The van der Waals surface area contributed by atoms with Crippen molar-refractivity contribution < 1.29 is 4.79 Å². The molecule has 4 atom stereocenters. The summed E-state index contributed by atoms with van der Waals surface area (Å²) in [4.78, 5) is 28.3. The number of carbonyl (C=O) groups excluding carboxylic acids is 1. The van der Waals surface area contributed by atoms with Gasteiger partial charge in [-0.15, -0.1) is 11.6 Å². The summed E-state index contributed by atoms with van der Waals surface area (Å²) in [6.07, 6.45) is 7.36. The summed E-state index contributed by atoms with van der Waals surface area (Å²) in [5.74, 6) is 0.292. The van der Waals surface area contributed by atoms with E-state index in [1.807, 2.05) is 12.4 Å². The Labute approximate surface area is 188 Å². The molecule has 1 aromatic carbocycles. The number of aromatic nitrogens is 2. The zero-order chi connectivity index (χ0) is 21.4. The summed E-state index contributed by atoms with van der Waals surface area (Å²) in [6.45, 7) is 8.43. The first kappa shape index (κ1) is 19.6. The molecule has 0 radical (unpaired) electrons. The number of amides is 1. The van der Waals surface area contributed by atoms with Gasteiger partial charge in [-0.2, -0.15) is 0 Å². The molecular weight excluding hydrogens is 410 g/mol. The van der Waals surface area contributed by atoms with E-state index in [0.717, 1.165) is 50.1 Å². The maximum atomic E-state index is 13.1. The van der Waals surface area contributed by atoms with Crippen molar-refractivity contribution in [3.05, 3.63) is 48.0 Å². The van der Waals surface area contributed by atoms with Crippen LogP contribution in [0.3, 0.4) is 0 Å². The molecular formula is C24H28ClN5O. The molecule has 6 rings (SSSR count). The van der Waals surface area contributed by atoms with E-state index in [-0.39, 0.29) is 16.5 Å². The number of fused-ring (bicyclic) bond motifs is 1. The minimum atomic E-state index is 0.129. The largest absolute Gasteiger partial charge is 0.331 e. The molecule has 1 aromatic heterocycles. The molecule has 0 bridgehead atoms. The smallest absolute Gasteiger partial charge is 0.237 e. The van der Waals surface area contributed by atoms with Gasteiger partial charge in [-0.25, -0.2) is 9.97 Å². The highest BCUT2D eigenvalue weighted by molar-refractivity contribution is 6.20. The maximum Gasteiger partial charge on any atom is 0.237 e. The molecule has 3 unspecified atom stereocenters. The van der Waals surface area contributed by atoms with Crippen LogP contribution in [0.25, 0.3) is 11.1 Å². The Balaban J connectivity index is 1.08. The van der Waals surface area contributed by atoms with Gasteiger partial charge < -0.3 is 4.90 Å². The Morgan fingerprint density at radius 3 is 2.65 bits per heavy atom. The standard InChI is InChI=1S/C24H28ClN5O/c1-16(25)17(2)29-13-24-12-23(24,29)14-30(24)22(31)11-28-6-5-19-7-18(3-4-20(19)10-28)21-8-26-15-27-9-21/h3-4,7-9,15-17H,5-6,10-14H2,1-2H3/t16?,17?,23?,24-/m0/s1. The monoisotopic (exact) mass is 437 g/mol. The third-order valence-electron chi connectivity index (χ3n) is 8.25. The number of alkyl halides is 1. The van der Waals surface area contributed by atoms with Gasteiger partial charge in [0.1, 0.15) is 6.33 Å². The van der Waals surface area contributed by atoms with E-state index in [1.54, 1.807) is 6.33 Å². The van der Waals surface area contributed by atoms with Crippen LogP contribution in [-0.4, -0.2) is 79.3 Å². The van der Waals surface area contributed by atoms with E-state index in [2.05, 4.69) is 56.7 Å². The van der Waals surface area contributed by atoms with Crippen LogP contribution in [-0.2, 0) is 17.8 Å². The van der Waals surface area contributed by atoms with Crippen LogP contribution in [0.15, 0.2) is 36.9 Å². The Kier molecular flexibility index (Phi) is 4.27. The first-order valence-electron chi connectivity index (χ1n) is 11.2. The van der Waals surface area contributed by atoms with E-state index in [1.165, 1.54) is 11.1 Å². The molecule has 1 aliphatic carbocycles. The number of likely N-dealkylation sites (tertiary alicyclic amines) is 2. The highest BCUT2D eigenvalue weighted by Gasteiger charge is 2.89. The number of hydrogen-bond acceptors (Lipinski definition) is 5. The molecule has 4 aliphatic rings. The number of carbonyl (C=O) groups is 1. The number of nitrogens with zero attached hydrogens (tertiary/aromatic N) is 5. The molecule has 2 aromatic rings. The van der Waals surface area contributed by atoms with Gasteiger partial charge in [0.2, 0.25) is 5.91 Å². The fourth-order valence-corrected chi connectivity index (χ4v) is 6.30. The topological polar surface area (TPSA) is 52.6 Å². The summed E-state index contributed by atoms with van der Waals surface area (Å²) < 4.78 is 0. The molecule has 6 nitrogen and oxygen atoms in total. The second-order valence-corrected chi connectivity index (χ2v) is 10.5. The number of benzene rings is 1. The van der Waals surface area contributed by atoms with Crippen molar-refractivity contribution in [3.8, 4) is 11.1 Å². The van der Waals surface area contributed by atoms with Crippen molar-refractivity contribution in [2.24, 2.45) is 0 Å². The first-order valence-corrected chi connectivity index (χ1v) is 11.7. The van der Waals surface area contributed by atoms with E-state index in [0.29, 0.717) is 18.5 Å². The number of halogens is 1. The SMILES string of the molecule is CC(Cl)C(C)N1C[C@@]23CC12CN3C(=O)CN1CCc2cc(-c3cncnc3)ccc2C1. The predicted octanol–water partition coefficient (Wildman–Crippen LogP) is 2.56. The molecule has 7 heteroatoms. The fraction of sp³-hybridized carbons (Fsp3) is 0.542. The summed E-state index contributed by atoms with van der Waals surface area (Å²) in [7, 11) is 0. The minimum Gasteiger partial charge on any atom is -0.331 e. The van der Waals surface area contributed by atoms with Crippen LogP contribution in [0.4, 0.5) is 0 Å². The van der Waals surface area contributed by atoms with E-state index < -0.39 is 0 Å². The van der Waals surface area contributed by atoms with Crippen LogP contribution < -0.4 is 0 Å². The Bertz CT molecular complexity index is 1050. The second kappa shape index (κ2) is 6.74. The average Bonchev–Trinajstić information content (AvgIpc) is 3.11. The van der Waals surface area contributed by atoms with Crippen molar-refractivity contribution in [2.45, 2.75) is 55.7 Å². The summed E-state index contributed by atoms with van der Waals surface area (Å²) in [5.41, 5.74) is 5.26. The molecule has 1 saturated carbocycles. The first-order chi connectivity index (χ1) is 14.9. The van der Waals surface area contributed by atoms with Gasteiger partial charge in [-0.1, -0.05) is 18.2 Å². The zero-order valence-electron chi connectivity index (χ0n) is 18.1. The lowest BCUT2D eigenvalue weighted by molar-refractivity contribution is -0.172. The second-order valence-electron chi connectivity index (χ2n) is 9.84. The lowest BCUT2D eigenvalue weighted by Gasteiger charge is -2.63. The van der Waals surface area contributed by atoms with Crippen molar-refractivity contribution in [3.63, 3.8) is 0 Å². The van der Waals surface area contributed by atoms with E-state index in [4.69, 9.17) is 11.6 Å². The molecule has 31 heavy (non-hydrogen) atoms. The zero-order valence-corrected chi connectivity index (χ0v) is 18.8. The molecule has 0 spiro atoms. The quantitative estimate of drug-likeness (QED) is 0.673. The fourth-order valence-electron chi connectivity index (χ4n) is 6.16. The van der Waals surface area contributed by atoms with Crippen molar-refractivity contribution in [1.82, 2.24) is 24.7 Å². The van der Waals surface area contributed by atoms with Crippen molar-refractivity contribution in [1.29, 1.82) is 0 Å². The summed E-state index contributed by atoms with van der Waals surface area (Å²) in [6, 6.07) is 6.96. The molecule has 162 valence electrons. The molecule has 0 N–H and O–H groups in total. The van der Waals surface area contributed by atoms with Gasteiger partial charge in [0.25, 0.3) is 0 Å². The number of rotatable bonds is 5. The van der Waals surface area contributed by atoms with Crippen LogP contribution in [0.2, 0.25) is 0 Å². The average molecular weight is 438 g/mol. The van der Waals surface area contributed by atoms with E-state index >= 15 is 0 Å². The summed E-state index contributed by atoms with van der Waals surface area (Å²) in [5, 5.41) is 0.140. The Morgan fingerprint density at radius 2 is 1.94 bits per heavy atom. The lowest BCUT2D eigenvalue weighted by Crippen LogP contribution is -2.81. The Morgan fingerprint density at radius 1 is 1.13 bits per heavy atom. The minimum absolute atomic E-state index is 0.129. The summed E-state index contributed by atoms with van der Waals surface area (Å²) >= 11 is 6.33. The highest BCUT2D eigenvalue weighted by atomic mass is 35.5. The number of hydrogen-bond donors (Lipinski definition) is 0. The maximum absolute atomic E-state index is 13.1. The van der Waals surface area contributed by atoms with Gasteiger partial charge >= 0.3 is 0 Å². The third kappa shape index (κ3) is 2.74. The number of piperazine rings is 1. The lowest BCUT2D eigenvalue weighted by atomic mass is 9.83. The van der Waals surface area contributed by atoms with Gasteiger partial charge in [-0.3, -0.25) is 14.6 Å². The van der Waals surface area contributed by atoms with Gasteiger partial charge in [0.05, 0.1) is 17.6 Å². The van der Waals surface area contributed by atoms with Crippen LogP contribution >= 0.6 is 11.6 Å². The highest BCUT2D eigenvalue weighted by Crippen LogP contribution is 2.72. The van der Waals surface area contributed by atoms with Crippen LogP contribution in [0.1, 0.15) is 31.4 Å². The normalized spacial score (nSPS) is 30.9. The van der Waals surface area contributed by atoms with Crippen LogP contribution in [0.5, 0.6) is 0 Å². The molecule has 2 saturated heterocycles. The molecule has 1 amide bonds. The molecule has 3 aliphatic heterocycles. The van der Waals surface area contributed by atoms with Crippen molar-refractivity contribution >= 4 is 17.5 Å². The Hall–Kier alpha value is -2.02.